The van der Waals surface area contributed by atoms with E-state index in [2.05, 4.69) is 70.8 Å². The Balaban J connectivity index is 2.03. The van der Waals surface area contributed by atoms with Crippen LogP contribution in [0.15, 0.2) is 40.2 Å². The van der Waals surface area contributed by atoms with Gasteiger partial charge in [0.05, 0.1) is 0 Å². The summed E-state index contributed by atoms with van der Waals surface area (Å²) in [6.07, 6.45) is 3.43. The second-order valence-electron chi connectivity index (χ2n) is 5.17. The van der Waals surface area contributed by atoms with E-state index in [1.807, 2.05) is 11.3 Å². The number of aryl methyl sites for hydroxylation is 2. The zero-order valence-corrected chi connectivity index (χ0v) is 14.6. The van der Waals surface area contributed by atoms with Crippen LogP contribution in [0.1, 0.15) is 41.8 Å². The predicted molar refractivity (Wildman–Crippen MR) is 92.6 cm³/mol. The van der Waals surface area contributed by atoms with Crippen molar-refractivity contribution < 1.29 is 0 Å². The van der Waals surface area contributed by atoms with Crippen LogP contribution >= 0.6 is 27.3 Å². The third-order valence-electron chi connectivity index (χ3n) is 3.41. The minimum Gasteiger partial charge on any atom is -0.309 e. The zero-order chi connectivity index (χ0) is 14.4. The molecule has 1 N–H and O–H groups in total. The molecule has 1 heterocycles. The molecular weight excluding hydrogens is 330 g/mol. The van der Waals surface area contributed by atoms with Gasteiger partial charge < -0.3 is 5.32 Å². The van der Waals surface area contributed by atoms with E-state index >= 15 is 0 Å². The minimum absolute atomic E-state index is 0.449. The second-order valence-corrected chi connectivity index (χ2v) is 6.97. The molecule has 0 spiro atoms. The molecule has 1 aromatic heterocycles. The van der Waals surface area contributed by atoms with Crippen molar-refractivity contribution >= 4 is 27.3 Å². The number of nitrogens with one attached hydrogen (secondary N) is 1. The van der Waals surface area contributed by atoms with Gasteiger partial charge in [-0.1, -0.05) is 36.8 Å². The van der Waals surface area contributed by atoms with Crippen LogP contribution in [0.4, 0.5) is 0 Å². The maximum atomic E-state index is 3.68. The third kappa shape index (κ3) is 4.44. The van der Waals surface area contributed by atoms with Crippen molar-refractivity contribution in [2.75, 3.05) is 6.54 Å². The lowest BCUT2D eigenvalue weighted by Gasteiger charge is -2.18. The molecule has 20 heavy (non-hydrogen) atoms. The molecule has 0 amide bonds. The highest BCUT2D eigenvalue weighted by atomic mass is 79.9. The SMILES string of the molecule is CCCNC(CCc1cccc(C)c1)c1sccc1Br. The lowest BCUT2D eigenvalue weighted by molar-refractivity contribution is 0.505. The molecule has 0 saturated carbocycles. The highest BCUT2D eigenvalue weighted by molar-refractivity contribution is 9.10. The summed E-state index contributed by atoms with van der Waals surface area (Å²) in [7, 11) is 0. The Kier molecular flexibility index (Phi) is 6.27. The van der Waals surface area contributed by atoms with Crippen LogP contribution < -0.4 is 5.32 Å². The Labute approximate surface area is 134 Å². The maximum absolute atomic E-state index is 3.68. The molecule has 1 nitrogen and oxygen atoms in total. The van der Waals surface area contributed by atoms with Crippen molar-refractivity contribution in [3.63, 3.8) is 0 Å². The Morgan fingerprint density at radius 1 is 1.30 bits per heavy atom. The summed E-state index contributed by atoms with van der Waals surface area (Å²) in [5.74, 6) is 0. The molecule has 1 atom stereocenters. The van der Waals surface area contributed by atoms with Crippen molar-refractivity contribution in [1.29, 1.82) is 0 Å². The molecule has 108 valence electrons. The van der Waals surface area contributed by atoms with Gasteiger partial charge in [-0.15, -0.1) is 11.3 Å². The first-order valence-electron chi connectivity index (χ1n) is 7.22. The highest BCUT2D eigenvalue weighted by Crippen LogP contribution is 2.31. The molecule has 3 heteroatoms. The summed E-state index contributed by atoms with van der Waals surface area (Å²) < 4.78 is 1.24. The van der Waals surface area contributed by atoms with Crippen molar-refractivity contribution in [1.82, 2.24) is 5.32 Å². The topological polar surface area (TPSA) is 12.0 Å². The summed E-state index contributed by atoms with van der Waals surface area (Å²) in [6, 6.07) is 11.4. The van der Waals surface area contributed by atoms with Crippen LogP contribution in [-0.2, 0) is 6.42 Å². The molecule has 0 radical (unpaired) electrons. The van der Waals surface area contributed by atoms with Crippen molar-refractivity contribution in [2.45, 2.75) is 39.2 Å². The van der Waals surface area contributed by atoms with Gasteiger partial charge in [0, 0.05) is 15.4 Å². The standard InChI is InChI=1S/C17H22BrNS/c1-3-10-19-16(17-15(18)9-11-20-17)8-7-14-6-4-5-13(2)12-14/h4-6,9,11-12,16,19H,3,7-8,10H2,1-2H3. The first kappa shape index (κ1) is 15.7. The molecule has 0 aliphatic carbocycles. The van der Waals surface area contributed by atoms with Gasteiger partial charge in [0.2, 0.25) is 0 Å². The fourth-order valence-electron chi connectivity index (χ4n) is 2.38. The molecule has 2 rings (SSSR count). The Morgan fingerprint density at radius 2 is 2.15 bits per heavy atom. The van der Waals surface area contributed by atoms with E-state index in [0.29, 0.717) is 6.04 Å². The Hall–Kier alpha value is -0.640. The molecule has 0 aliphatic rings. The highest BCUT2D eigenvalue weighted by Gasteiger charge is 2.15. The van der Waals surface area contributed by atoms with Gasteiger partial charge >= 0.3 is 0 Å². The van der Waals surface area contributed by atoms with Crippen molar-refractivity contribution in [3.05, 3.63) is 56.2 Å². The smallest absolute Gasteiger partial charge is 0.0429 e. The van der Waals surface area contributed by atoms with E-state index in [1.165, 1.54) is 26.9 Å². The molecule has 0 fully saturated rings. The molecular formula is C17H22BrNS. The number of hydrogen-bond donors (Lipinski definition) is 1. The second kappa shape index (κ2) is 7.96. The molecule has 1 unspecified atom stereocenters. The fraction of sp³-hybridized carbons (Fsp3) is 0.412. The first-order valence-corrected chi connectivity index (χ1v) is 8.89. The maximum Gasteiger partial charge on any atom is 0.0429 e. The van der Waals surface area contributed by atoms with E-state index < -0.39 is 0 Å². The van der Waals surface area contributed by atoms with E-state index in [0.717, 1.165) is 19.4 Å². The summed E-state index contributed by atoms with van der Waals surface area (Å²) in [5.41, 5.74) is 2.78. The van der Waals surface area contributed by atoms with Crippen LogP contribution in [0.3, 0.4) is 0 Å². The van der Waals surface area contributed by atoms with Crippen LogP contribution in [0.2, 0.25) is 0 Å². The normalized spacial score (nSPS) is 12.6. The average molecular weight is 352 g/mol. The third-order valence-corrected chi connectivity index (χ3v) is 5.39. The monoisotopic (exact) mass is 351 g/mol. The van der Waals surface area contributed by atoms with E-state index in [4.69, 9.17) is 0 Å². The number of benzene rings is 1. The summed E-state index contributed by atoms with van der Waals surface area (Å²) in [5, 5.41) is 5.84. The number of hydrogen-bond acceptors (Lipinski definition) is 2. The lowest BCUT2D eigenvalue weighted by Crippen LogP contribution is -2.22. The van der Waals surface area contributed by atoms with Crippen LogP contribution in [0.5, 0.6) is 0 Å². The quantitative estimate of drug-likeness (QED) is 0.694. The lowest BCUT2D eigenvalue weighted by atomic mass is 10.0. The average Bonchev–Trinajstić information content (AvgIpc) is 2.85. The Bertz CT molecular complexity index is 535. The minimum atomic E-state index is 0.449. The summed E-state index contributed by atoms with van der Waals surface area (Å²) in [6.45, 7) is 5.45. The molecule has 0 aliphatic heterocycles. The van der Waals surface area contributed by atoms with E-state index in [1.54, 1.807) is 0 Å². The zero-order valence-electron chi connectivity index (χ0n) is 12.2. The van der Waals surface area contributed by atoms with Gasteiger partial charge in [-0.2, -0.15) is 0 Å². The van der Waals surface area contributed by atoms with Crippen LogP contribution in [0, 0.1) is 6.92 Å². The van der Waals surface area contributed by atoms with Crippen molar-refractivity contribution in [3.8, 4) is 0 Å². The van der Waals surface area contributed by atoms with E-state index in [9.17, 15) is 0 Å². The van der Waals surface area contributed by atoms with Crippen LogP contribution in [-0.4, -0.2) is 6.54 Å². The van der Waals surface area contributed by atoms with Gasteiger partial charge in [0.15, 0.2) is 0 Å². The van der Waals surface area contributed by atoms with Gasteiger partial charge in [-0.25, -0.2) is 0 Å². The molecule has 0 saturated heterocycles. The number of halogens is 1. The summed E-state index contributed by atoms with van der Waals surface area (Å²) in [4.78, 5) is 1.42. The van der Waals surface area contributed by atoms with Gasteiger partial charge in [0.25, 0.3) is 0 Å². The number of thiophene rings is 1. The fourth-order valence-corrected chi connectivity index (χ4v) is 4.14. The Morgan fingerprint density at radius 3 is 2.80 bits per heavy atom. The van der Waals surface area contributed by atoms with Gasteiger partial charge in [-0.05, 0) is 65.7 Å². The number of rotatable bonds is 7. The molecule has 2 aromatic rings. The van der Waals surface area contributed by atoms with Gasteiger partial charge in [0.1, 0.15) is 0 Å². The summed E-state index contributed by atoms with van der Waals surface area (Å²) >= 11 is 5.50. The van der Waals surface area contributed by atoms with Crippen LogP contribution in [0.25, 0.3) is 0 Å². The molecule has 1 aromatic carbocycles. The molecule has 0 bridgehead atoms. The van der Waals surface area contributed by atoms with Crippen molar-refractivity contribution in [2.24, 2.45) is 0 Å². The first-order chi connectivity index (χ1) is 9.70. The van der Waals surface area contributed by atoms with Gasteiger partial charge in [-0.3, -0.25) is 0 Å². The van der Waals surface area contributed by atoms with E-state index in [-0.39, 0.29) is 0 Å². The largest absolute Gasteiger partial charge is 0.309 e. The predicted octanol–water partition coefficient (Wildman–Crippen LogP) is 5.49.